The topological polar surface area (TPSA) is 92.7 Å². The molecule has 0 aliphatic heterocycles. The van der Waals surface area contributed by atoms with Crippen LogP contribution in [-0.4, -0.2) is 29.6 Å². The summed E-state index contributed by atoms with van der Waals surface area (Å²) < 4.78 is 5.37. The molecule has 4 atom stereocenters. The fourth-order valence-corrected chi connectivity index (χ4v) is 5.42. The monoisotopic (exact) mass is 425 g/mol. The van der Waals surface area contributed by atoms with E-state index in [1.54, 1.807) is 0 Å². The van der Waals surface area contributed by atoms with E-state index < -0.39 is 23.8 Å². The van der Waals surface area contributed by atoms with Crippen LogP contribution in [0.2, 0.25) is 0 Å². The summed E-state index contributed by atoms with van der Waals surface area (Å²) in [5, 5.41) is 14.7. The lowest BCUT2D eigenvalue weighted by atomic mass is 9.82. The van der Waals surface area contributed by atoms with Crippen molar-refractivity contribution in [1.82, 2.24) is 0 Å². The van der Waals surface area contributed by atoms with E-state index >= 15 is 0 Å². The Balaban J connectivity index is 1.65. The van der Waals surface area contributed by atoms with E-state index in [0.717, 1.165) is 5.56 Å². The number of rotatable bonds is 7. The third-order valence-electron chi connectivity index (χ3n) is 5.80. The van der Waals surface area contributed by atoms with Gasteiger partial charge in [-0.1, -0.05) is 49.4 Å². The lowest BCUT2D eigenvalue weighted by Crippen LogP contribution is -2.36. The summed E-state index contributed by atoms with van der Waals surface area (Å²) in [5.41, 5.74) is 1.86. The van der Waals surface area contributed by atoms with Gasteiger partial charge in [-0.3, -0.25) is 9.59 Å². The van der Waals surface area contributed by atoms with Crippen molar-refractivity contribution in [3.63, 3.8) is 0 Å². The molecule has 156 valence electrons. The maximum Gasteiger partial charge on any atom is 0.341 e. The Kier molecular flexibility index (Phi) is 5.72. The highest BCUT2D eigenvalue weighted by Crippen LogP contribution is 2.49. The standard InChI is InChI=1S/C23H23NO5S/c1-2-10-29-23(28)19-16(13-6-4-3-5-7-13)12-30-21(19)24-20(25)17-14-8-9-15(11-14)18(17)22(26)27/h3-9,12,14-15,17-18H,2,10-11H2,1H3,(H,24,25)(H,26,27)/t14-,15-,17+,18-/m0/s1. The van der Waals surface area contributed by atoms with E-state index in [9.17, 15) is 19.5 Å². The van der Waals surface area contributed by atoms with Gasteiger partial charge in [0.25, 0.3) is 0 Å². The van der Waals surface area contributed by atoms with E-state index in [-0.39, 0.29) is 24.3 Å². The van der Waals surface area contributed by atoms with Crippen LogP contribution in [-0.2, 0) is 14.3 Å². The number of carboxylic acid groups (broad SMARTS) is 1. The highest BCUT2D eigenvalue weighted by atomic mass is 32.1. The highest BCUT2D eigenvalue weighted by molar-refractivity contribution is 7.15. The van der Waals surface area contributed by atoms with E-state index in [2.05, 4.69) is 5.32 Å². The summed E-state index contributed by atoms with van der Waals surface area (Å²) in [4.78, 5) is 37.7. The number of aliphatic carboxylic acids is 1. The fourth-order valence-electron chi connectivity index (χ4n) is 4.46. The van der Waals surface area contributed by atoms with Crippen molar-refractivity contribution in [3.8, 4) is 11.1 Å². The van der Waals surface area contributed by atoms with Gasteiger partial charge in [0, 0.05) is 10.9 Å². The Hall–Kier alpha value is -2.93. The lowest BCUT2D eigenvalue weighted by molar-refractivity contribution is -0.146. The second-order valence-electron chi connectivity index (χ2n) is 7.68. The van der Waals surface area contributed by atoms with E-state index in [1.165, 1.54) is 11.3 Å². The first-order valence-corrected chi connectivity index (χ1v) is 10.9. The highest BCUT2D eigenvalue weighted by Gasteiger charge is 2.51. The quantitative estimate of drug-likeness (QED) is 0.505. The van der Waals surface area contributed by atoms with Crippen LogP contribution in [0.25, 0.3) is 11.1 Å². The van der Waals surface area contributed by atoms with Gasteiger partial charge >= 0.3 is 11.9 Å². The number of allylic oxidation sites excluding steroid dienone is 2. The molecule has 2 bridgehead atoms. The van der Waals surface area contributed by atoms with Gasteiger partial charge in [-0.15, -0.1) is 11.3 Å². The number of ether oxygens (including phenoxy) is 1. The Morgan fingerprint density at radius 2 is 1.83 bits per heavy atom. The Morgan fingerprint density at radius 3 is 2.50 bits per heavy atom. The molecule has 1 saturated carbocycles. The van der Waals surface area contributed by atoms with E-state index in [0.29, 0.717) is 29.0 Å². The number of amides is 1. The second kappa shape index (κ2) is 8.44. The predicted molar refractivity (Wildman–Crippen MR) is 114 cm³/mol. The van der Waals surface area contributed by atoms with Gasteiger partial charge in [-0.25, -0.2) is 4.79 Å². The number of fused-ring (bicyclic) bond motifs is 2. The van der Waals surface area contributed by atoms with Gasteiger partial charge in [-0.2, -0.15) is 0 Å². The van der Waals surface area contributed by atoms with E-state index in [4.69, 9.17) is 4.74 Å². The van der Waals surface area contributed by atoms with Crippen molar-refractivity contribution in [2.45, 2.75) is 19.8 Å². The zero-order valence-corrected chi connectivity index (χ0v) is 17.4. The third kappa shape index (κ3) is 3.65. The summed E-state index contributed by atoms with van der Waals surface area (Å²) in [6.45, 7) is 2.20. The first-order chi connectivity index (χ1) is 14.5. The molecule has 1 aromatic heterocycles. The SMILES string of the molecule is CCCOC(=O)c1c(-c2ccccc2)csc1NC(=O)[C@H]1[C@@H](C(=O)O)[C@H]2C=C[C@H]1C2. The van der Waals surface area contributed by atoms with Crippen LogP contribution < -0.4 is 5.32 Å². The van der Waals surface area contributed by atoms with Crippen LogP contribution in [0, 0.1) is 23.7 Å². The molecule has 0 radical (unpaired) electrons. The van der Waals surface area contributed by atoms with Crippen LogP contribution in [0.15, 0.2) is 47.9 Å². The number of nitrogens with one attached hydrogen (secondary N) is 1. The number of thiophene rings is 1. The number of benzene rings is 1. The molecule has 4 rings (SSSR count). The molecule has 2 aromatic rings. The number of carbonyl (C=O) groups excluding carboxylic acids is 2. The number of anilines is 1. The predicted octanol–water partition coefficient (Wildman–Crippen LogP) is 4.44. The average molecular weight is 426 g/mol. The molecule has 30 heavy (non-hydrogen) atoms. The molecule has 7 heteroatoms. The van der Waals surface area contributed by atoms with Gasteiger partial charge in [0.15, 0.2) is 0 Å². The number of carboxylic acids is 1. The van der Waals surface area contributed by atoms with E-state index in [1.807, 2.05) is 54.8 Å². The summed E-state index contributed by atoms with van der Waals surface area (Å²) in [7, 11) is 0. The van der Waals surface area contributed by atoms with Gasteiger partial charge in [0.05, 0.1) is 18.4 Å². The zero-order valence-electron chi connectivity index (χ0n) is 16.5. The van der Waals surface area contributed by atoms with Crippen molar-refractivity contribution < 1.29 is 24.2 Å². The molecule has 1 amide bonds. The molecule has 0 unspecified atom stereocenters. The number of hydrogen-bond acceptors (Lipinski definition) is 5. The Morgan fingerprint density at radius 1 is 1.13 bits per heavy atom. The number of esters is 1. The van der Waals surface area contributed by atoms with Crippen molar-refractivity contribution in [3.05, 3.63) is 53.4 Å². The molecular formula is C23H23NO5S. The largest absolute Gasteiger partial charge is 0.481 e. The Bertz CT molecular complexity index is 996. The molecular weight excluding hydrogens is 402 g/mol. The van der Waals surface area contributed by atoms with Gasteiger partial charge < -0.3 is 15.2 Å². The number of hydrogen-bond donors (Lipinski definition) is 2. The molecule has 0 spiro atoms. The fraction of sp³-hybridized carbons (Fsp3) is 0.348. The van der Waals surface area contributed by atoms with Crippen LogP contribution >= 0.6 is 11.3 Å². The molecule has 0 saturated heterocycles. The minimum atomic E-state index is -0.953. The lowest BCUT2D eigenvalue weighted by Gasteiger charge is -2.23. The summed E-state index contributed by atoms with van der Waals surface area (Å²) in [6, 6.07) is 9.44. The molecule has 2 aliphatic carbocycles. The number of carbonyl (C=O) groups is 3. The molecule has 6 nitrogen and oxygen atoms in total. The first kappa shape index (κ1) is 20.3. The second-order valence-corrected chi connectivity index (χ2v) is 8.56. The van der Waals surface area contributed by atoms with Crippen LogP contribution in [0.5, 0.6) is 0 Å². The van der Waals surface area contributed by atoms with Crippen molar-refractivity contribution in [2.24, 2.45) is 23.7 Å². The minimum Gasteiger partial charge on any atom is -0.481 e. The first-order valence-electron chi connectivity index (χ1n) is 10.1. The van der Waals surface area contributed by atoms with Gasteiger partial charge in [0.1, 0.15) is 10.6 Å². The molecule has 1 aromatic carbocycles. The maximum atomic E-state index is 13.1. The van der Waals surface area contributed by atoms with Gasteiger partial charge in [-0.05, 0) is 30.2 Å². The molecule has 1 heterocycles. The van der Waals surface area contributed by atoms with Crippen molar-refractivity contribution in [1.29, 1.82) is 0 Å². The zero-order chi connectivity index (χ0) is 21.3. The normalized spacial score (nSPS) is 24.0. The summed E-state index contributed by atoms with van der Waals surface area (Å²) in [6.07, 6.45) is 5.21. The third-order valence-corrected chi connectivity index (χ3v) is 6.70. The van der Waals surface area contributed by atoms with Crippen LogP contribution in [0.1, 0.15) is 30.1 Å². The summed E-state index contributed by atoms with van der Waals surface area (Å²) >= 11 is 1.25. The molecule has 1 fully saturated rings. The smallest absolute Gasteiger partial charge is 0.341 e. The van der Waals surface area contributed by atoms with Gasteiger partial charge in [0.2, 0.25) is 5.91 Å². The Labute approximate surface area is 178 Å². The molecule has 2 aliphatic rings. The maximum absolute atomic E-state index is 13.1. The average Bonchev–Trinajstić information content (AvgIpc) is 3.46. The van der Waals surface area contributed by atoms with Crippen molar-refractivity contribution >= 4 is 34.2 Å². The van der Waals surface area contributed by atoms with Crippen LogP contribution in [0.4, 0.5) is 5.00 Å². The molecule has 2 N–H and O–H groups in total. The summed E-state index contributed by atoms with van der Waals surface area (Å²) in [5.74, 6) is -3.37. The van der Waals surface area contributed by atoms with Crippen molar-refractivity contribution in [2.75, 3.05) is 11.9 Å². The minimum absolute atomic E-state index is 0.0832. The van der Waals surface area contributed by atoms with Crippen LogP contribution in [0.3, 0.4) is 0 Å².